The van der Waals surface area contributed by atoms with Crippen molar-refractivity contribution in [2.24, 2.45) is 5.92 Å². The fourth-order valence-corrected chi connectivity index (χ4v) is 1.71. The molecule has 9 heteroatoms. The number of esters is 1. The van der Waals surface area contributed by atoms with Crippen LogP contribution in [-0.4, -0.2) is 44.9 Å². The first-order chi connectivity index (χ1) is 7.04. The SMILES string of the molecule is COC(=O)C(C)CN(C)S(=O)(=O)C(F)(F)F. The summed E-state index contributed by atoms with van der Waals surface area (Å²) in [6.45, 7) is 0.683. The van der Waals surface area contributed by atoms with Gasteiger partial charge in [-0.25, -0.2) is 8.42 Å². The second kappa shape index (κ2) is 5.00. The highest BCUT2D eigenvalue weighted by Gasteiger charge is 2.49. The minimum Gasteiger partial charge on any atom is -0.469 e. The number of halogens is 3. The molecule has 0 saturated carbocycles. The van der Waals surface area contributed by atoms with Gasteiger partial charge in [-0.15, -0.1) is 0 Å². The molecule has 1 unspecified atom stereocenters. The maximum atomic E-state index is 12.1. The summed E-state index contributed by atoms with van der Waals surface area (Å²) in [5.74, 6) is -1.74. The number of hydrogen-bond donors (Lipinski definition) is 0. The average molecular weight is 263 g/mol. The summed E-state index contributed by atoms with van der Waals surface area (Å²) in [7, 11) is -3.57. The van der Waals surface area contributed by atoms with Crippen molar-refractivity contribution in [3.63, 3.8) is 0 Å². The van der Waals surface area contributed by atoms with Gasteiger partial charge in [-0.05, 0) is 0 Å². The molecular formula is C7H12F3NO4S. The van der Waals surface area contributed by atoms with Crippen molar-refractivity contribution in [2.45, 2.75) is 12.4 Å². The van der Waals surface area contributed by atoms with Crippen molar-refractivity contribution in [2.75, 3.05) is 20.7 Å². The number of carbonyl (C=O) groups is 1. The lowest BCUT2D eigenvalue weighted by molar-refractivity contribution is -0.145. The molecule has 0 aliphatic carbocycles. The lowest BCUT2D eigenvalue weighted by atomic mass is 10.2. The Morgan fingerprint density at radius 1 is 1.44 bits per heavy atom. The molecule has 0 amide bonds. The molecule has 0 aliphatic heterocycles. The quantitative estimate of drug-likeness (QED) is 0.696. The summed E-state index contributed by atoms with van der Waals surface area (Å²) in [4.78, 5) is 10.9. The molecule has 0 fully saturated rings. The van der Waals surface area contributed by atoms with E-state index in [1.54, 1.807) is 0 Å². The first-order valence-electron chi connectivity index (χ1n) is 4.14. The van der Waals surface area contributed by atoms with E-state index in [2.05, 4.69) is 4.74 Å². The van der Waals surface area contributed by atoms with Crippen LogP contribution in [0.15, 0.2) is 0 Å². The third-order valence-corrected chi connectivity index (χ3v) is 3.39. The third-order valence-electron chi connectivity index (χ3n) is 1.84. The predicted octanol–water partition coefficient (Wildman–Crippen LogP) is 0.577. The molecule has 0 rings (SSSR count). The zero-order valence-corrected chi connectivity index (χ0v) is 9.72. The van der Waals surface area contributed by atoms with Gasteiger partial charge in [0.1, 0.15) is 0 Å². The van der Waals surface area contributed by atoms with Gasteiger partial charge in [0.25, 0.3) is 0 Å². The molecule has 1 atom stereocenters. The lowest BCUT2D eigenvalue weighted by Gasteiger charge is -2.20. The first kappa shape index (κ1) is 15.2. The summed E-state index contributed by atoms with van der Waals surface area (Å²) in [6.07, 6.45) is 0. The summed E-state index contributed by atoms with van der Waals surface area (Å²) in [6, 6.07) is 0. The van der Waals surface area contributed by atoms with E-state index in [1.807, 2.05) is 0 Å². The zero-order chi connectivity index (χ0) is 13.1. The van der Waals surface area contributed by atoms with Crippen LogP contribution in [0.2, 0.25) is 0 Å². The number of nitrogens with zero attached hydrogens (tertiary/aromatic N) is 1. The lowest BCUT2D eigenvalue weighted by Crippen LogP contribution is -2.41. The molecule has 96 valence electrons. The van der Waals surface area contributed by atoms with Crippen molar-refractivity contribution in [3.8, 4) is 0 Å². The Morgan fingerprint density at radius 3 is 2.19 bits per heavy atom. The van der Waals surface area contributed by atoms with Crippen molar-refractivity contribution in [3.05, 3.63) is 0 Å². The van der Waals surface area contributed by atoms with Gasteiger partial charge < -0.3 is 4.74 Å². The predicted molar refractivity (Wildman–Crippen MR) is 48.8 cm³/mol. The van der Waals surface area contributed by atoms with Gasteiger partial charge in [-0.2, -0.15) is 17.5 Å². The first-order valence-corrected chi connectivity index (χ1v) is 5.58. The molecule has 0 aromatic rings. The van der Waals surface area contributed by atoms with Gasteiger partial charge in [0.15, 0.2) is 0 Å². The summed E-state index contributed by atoms with van der Waals surface area (Å²) in [5, 5.41) is 0. The number of rotatable bonds is 4. The summed E-state index contributed by atoms with van der Waals surface area (Å²) < 4.78 is 62.3. The standard InChI is InChI=1S/C7H12F3NO4S/c1-5(6(12)15-3)4-11(2)16(13,14)7(8,9)10/h5H,4H2,1-3H3. The van der Waals surface area contributed by atoms with E-state index in [4.69, 9.17) is 0 Å². The Kier molecular flexibility index (Phi) is 4.74. The maximum absolute atomic E-state index is 12.1. The van der Waals surface area contributed by atoms with E-state index in [0.717, 1.165) is 14.2 Å². The molecule has 0 bridgehead atoms. The van der Waals surface area contributed by atoms with Crippen LogP contribution in [-0.2, 0) is 19.6 Å². The van der Waals surface area contributed by atoms with Crippen LogP contribution in [0.25, 0.3) is 0 Å². The number of hydrogen-bond acceptors (Lipinski definition) is 4. The highest BCUT2D eigenvalue weighted by atomic mass is 32.2. The van der Waals surface area contributed by atoms with Crippen LogP contribution >= 0.6 is 0 Å². The highest BCUT2D eigenvalue weighted by Crippen LogP contribution is 2.26. The molecule has 0 spiro atoms. The average Bonchev–Trinajstić information content (AvgIpc) is 2.14. The largest absolute Gasteiger partial charge is 0.511 e. The fraction of sp³-hybridized carbons (Fsp3) is 0.857. The van der Waals surface area contributed by atoms with E-state index < -0.39 is 34.0 Å². The Labute approximate surface area is 91.2 Å². The Hall–Kier alpha value is -0.830. The number of ether oxygens (including phenoxy) is 1. The van der Waals surface area contributed by atoms with Gasteiger partial charge in [0, 0.05) is 13.6 Å². The third kappa shape index (κ3) is 3.34. The van der Waals surface area contributed by atoms with Gasteiger partial charge in [-0.1, -0.05) is 6.92 Å². The van der Waals surface area contributed by atoms with E-state index in [-0.39, 0.29) is 4.31 Å². The van der Waals surface area contributed by atoms with Gasteiger partial charge >= 0.3 is 21.5 Å². The molecule has 0 saturated heterocycles. The van der Waals surface area contributed by atoms with Crippen molar-refractivity contribution in [1.29, 1.82) is 0 Å². The van der Waals surface area contributed by atoms with E-state index in [1.165, 1.54) is 6.92 Å². The molecule has 0 aliphatic rings. The number of alkyl halides is 3. The van der Waals surface area contributed by atoms with Gasteiger partial charge in [0.05, 0.1) is 13.0 Å². The topological polar surface area (TPSA) is 63.7 Å². The second-order valence-corrected chi connectivity index (χ2v) is 5.19. The van der Waals surface area contributed by atoms with E-state index in [9.17, 15) is 26.4 Å². The number of methoxy groups -OCH3 is 1. The fourth-order valence-electron chi connectivity index (χ4n) is 0.936. The molecule has 0 N–H and O–H groups in total. The van der Waals surface area contributed by atoms with E-state index >= 15 is 0 Å². The summed E-state index contributed by atoms with van der Waals surface area (Å²) >= 11 is 0. The Balaban J connectivity index is 4.73. The van der Waals surface area contributed by atoms with Crippen molar-refractivity contribution < 1.29 is 31.1 Å². The van der Waals surface area contributed by atoms with Crippen LogP contribution in [0.5, 0.6) is 0 Å². The summed E-state index contributed by atoms with van der Waals surface area (Å²) in [5.41, 5.74) is -5.36. The minimum atomic E-state index is -5.39. The van der Waals surface area contributed by atoms with Crippen LogP contribution in [0.4, 0.5) is 13.2 Å². The maximum Gasteiger partial charge on any atom is 0.511 e. The molecule has 16 heavy (non-hydrogen) atoms. The minimum absolute atomic E-state index is 0.0780. The molecular weight excluding hydrogens is 251 g/mol. The van der Waals surface area contributed by atoms with Crippen LogP contribution in [0, 0.1) is 5.92 Å². The molecule has 0 aromatic carbocycles. The van der Waals surface area contributed by atoms with E-state index in [0.29, 0.717) is 0 Å². The highest BCUT2D eigenvalue weighted by molar-refractivity contribution is 7.89. The van der Waals surface area contributed by atoms with Crippen LogP contribution in [0.1, 0.15) is 6.92 Å². The Morgan fingerprint density at radius 2 is 1.88 bits per heavy atom. The normalized spacial score (nSPS) is 14.9. The Bertz CT molecular complexity index is 351. The molecule has 5 nitrogen and oxygen atoms in total. The van der Waals surface area contributed by atoms with Crippen molar-refractivity contribution >= 4 is 16.0 Å². The van der Waals surface area contributed by atoms with Crippen molar-refractivity contribution in [1.82, 2.24) is 4.31 Å². The molecule has 0 aromatic heterocycles. The smallest absolute Gasteiger partial charge is 0.469 e. The molecule has 0 radical (unpaired) electrons. The van der Waals surface area contributed by atoms with Gasteiger partial charge in [0.2, 0.25) is 0 Å². The zero-order valence-electron chi connectivity index (χ0n) is 8.91. The molecule has 0 heterocycles. The van der Waals surface area contributed by atoms with Gasteiger partial charge in [-0.3, -0.25) is 4.79 Å². The van der Waals surface area contributed by atoms with Crippen LogP contribution in [0.3, 0.4) is 0 Å². The number of carbonyl (C=O) groups excluding carboxylic acids is 1. The number of sulfonamides is 1. The van der Waals surface area contributed by atoms with Crippen LogP contribution < -0.4 is 0 Å². The second-order valence-electron chi connectivity index (χ2n) is 3.16. The monoisotopic (exact) mass is 263 g/mol.